The maximum atomic E-state index is 6.20. The number of hydrogen-bond acceptors (Lipinski definition) is 8. The van der Waals surface area contributed by atoms with Crippen molar-refractivity contribution in [3.8, 4) is 16.9 Å². The van der Waals surface area contributed by atoms with Crippen LogP contribution in [0.4, 0.5) is 11.6 Å². The lowest BCUT2D eigenvalue weighted by Gasteiger charge is -2.32. The van der Waals surface area contributed by atoms with E-state index in [1.54, 1.807) is 31.8 Å². The number of ether oxygens (including phenoxy) is 1. The van der Waals surface area contributed by atoms with Crippen molar-refractivity contribution in [2.75, 3.05) is 45.2 Å². The Labute approximate surface area is 230 Å². The highest BCUT2D eigenvalue weighted by atomic mass is 35.5. The molecule has 3 aromatic heterocycles. The lowest BCUT2D eigenvalue weighted by Crippen LogP contribution is -2.45. The molecule has 1 fully saturated rings. The van der Waals surface area contributed by atoms with Crippen molar-refractivity contribution < 1.29 is 4.74 Å². The number of hydrogen-bond donors (Lipinski definition) is 1. The van der Waals surface area contributed by atoms with E-state index in [2.05, 4.69) is 43.7 Å². The lowest BCUT2D eigenvalue weighted by molar-refractivity contribution is 0.311. The van der Waals surface area contributed by atoms with Crippen LogP contribution < -0.4 is 15.0 Å². The van der Waals surface area contributed by atoms with Crippen LogP contribution in [0, 0.1) is 13.8 Å². The molecule has 0 aliphatic carbocycles. The van der Waals surface area contributed by atoms with Gasteiger partial charge < -0.3 is 19.9 Å². The van der Waals surface area contributed by atoms with Gasteiger partial charge in [-0.2, -0.15) is 0 Å². The molecule has 0 bridgehead atoms. The molecule has 10 heteroatoms. The molecular formula is C28H37ClN8O. The van der Waals surface area contributed by atoms with E-state index < -0.39 is 0 Å². The summed E-state index contributed by atoms with van der Waals surface area (Å²) < 4.78 is 5.53. The molecule has 3 aromatic rings. The molecule has 1 N–H and O–H groups in total. The first-order valence-electron chi connectivity index (χ1n) is 12.7. The van der Waals surface area contributed by atoms with Crippen molar-refractivity contribution in [1.29, 1.82) is 0 Å². The summed E-state index contributed by atoms with van der Waals surface area (Å²) in [5.41, 5.74) is 5.50. The predicted octanol–water partition coefficient (Wildman–Crippen LogP) is 5.30. The average molecular weight is 537 g/mol. The summed E-state index contributed by atoms with van der Waals surface area (Å²) in [7, 11) is 3.73. The van der Waals surface area contributed by atoms with Crippen LogP contribution in [0.5, 0.6) is 5.75 Å². The van der Waals surface area contributed by atoms with E-state index in [0.717, 1.165) is 60.2 Å². The quantitative estimate of drug-likeness (QED) is 0.258. The molecule has 1 saturated heterocycles. The third-order valence-electron chi connectivity index (χ3n) is 6.06. The van der Waals surface area contributed by atoms with Crippen molar-refractivity contribution in [2.45, 2.75) is 34.6 Å². The van der Waals surface area contributed by atoms with Crippen LogP contribution in [-0.4, -0.2) is 71.0 Å². The first kappa shape index (κ1) is 29.0. The lowest BCUT2D eigenvalue weighted by atomic mass is 9.99. The minimum absolute atomic E-state index is 0.373. The summed E-state index contributed by atoms with van der Waals surface area (Å²) in [6, 6.07) is 3.74. The Morgan fingerprint density at radius 2 is 1.74 bits per heavy atom. The van der Waals surface area contributed by atoms with E-state index in [1.165, 1.54) is 0 Å². The Balaban J connectivity index is 0.00000195. The van der Waals surface area contributed by atoms with Gasteiger partial charge in [-0.25, -0.2) is 19.9 Å². The first-order chi connectivity index (χ1) is 18.2. The topological polar surface area (TPSA) is 91.7 Å². The third kappa shape index (κ3) is 7.05. The van der Waals surface area contributed by atoms with Crippen LogP contribution in [0.25, 0.3) is 16.8 Å². The van der Waals surface area contributed by atoms with Gasteiger partial charge in [0.15, 0.2) is 0 Å². The second kappa shape index (κ2) is 13.3. The van der Waals surface area contributed by atoms with Crippen molar-refractivity contribution >= 4 is 34.8 Å². The number of amidine groups is 1. The van der Waals surface area contributed by atoms with E-state index >= 15 is 0 Å². The number of pyridine rings is 2. The number of halogens is 1. The van der Waals surface area contributed by atoms with Crippen LogP contribution in [0.3, 0.4) is 0 Å². The monoisotopic (exact) mass is 536 g/mol. The maximum Gasteiger partial charge on any atom is 0.225 e. The molecule has 0 spiro atoms. The molecule has 0 aromatic carbocycles. The Morgan fingerprint density at radius 3 is 2.39 bits per heavy atom. The van der Waals surface area contributed by atoms with E-state index in [-0.39, 0.29) is 0 Å². The number of likely N-dealkylation sites (N-methyl/N-ethyl adjacent to an activating group) is 1. The smallest absolute Gasteiger partial charge is 0.225 e. The van der Waals surface area contributed by atoms with Gasteiger partial charge in [0.2, 0.25) is 5.95 Å². The SMILES string of the molecule is C=C(NC(C)=Nc1cnc(N2CCN(C)CC2)nc1C)c1cnc(C)cc1-c1cc(Cl)ncc1OC.CC. The van der Waals surface area contributed by atoms with Gasteiger partial charge in [0.05, 0.1) is 25.2 Å². The fourth-order valence-corrected chi connectivity index (χ4v) is 4.18. The largest absolute Gasteiger partial charge is 0.494 e. The van der Waals surface area contributed by atoms with Crippen molar-refractivity contribution in [3.05, 3.63) is 59.4 Å². The molecule has 0 unspecified atom stereocenters. The summed E-state index contributed by atoms with van der Waals surface area (Å²) in [4.78, 5) is 27.1. The van der Waals surface area contributed by atoms with Crippen LogP contribution in [0.1, 0.15) is 37.7 Å². The van der Waals surface area contributed by atoms with Crippen LogP contribution in [-0.2, 0) is 0 Å². The highest BCUT2D eigenvalue weighted by molar-refractivity contribution is 6.29. The van der Waals surface area contributed by atoms with Gasteiger partial charge in [-0.05, 0) is 45.5 Å². The molecule has 0 atom stereocenters. The molecule has 9 nitrogen and oxygen atoms in total. The first-order valence-corrected chi connectivity index (χ1v) is 13.1. The standard InChI is InChI=1S/C26H31ClN8O.C2H6/c1-16-11-20(21-12-25(27)29-15-24(21)36-6)22(13-28-16)17(2)31-19(4)33-23-14-30-26(32-18(23)3)35-9-7-34(5)8-10-35;1-2/h11-15H,2,7-10H2,1,3-6H3,(H,31,33);1-2H3. The third-order valence-corrected chi connectivity index (χ3v) is 6.26. The molecule has 0 amide bonds. The van der Waals surface area contributed by atoms with Gasteiger partial charge in [0.1, 0.15) is 22.4 Å². The summed E-state index contributed by atoms with van der Waals surface area (Å²) in [5, 5.41) is 3.66. The summed E-state index contributed by atoms with van der Waals surface area (Å²) in [5.74, 6) is 2.01. The van der Waals surface area contributed by atoms with Crippen molar-refractivity contribution in [3.63, 3.8) is 0 Å². The molecule has 4 heterocycles. The van der Waals surface area contributed by atoms with Crippen molar-refractivity contribution in [1.82, 2.24) is 30.2 Å². The zero-order valence-corrected chi connectivity index (χ0v) is 24.1. The fourth-order valence-electron chi connectivity index (χ4n) is 4.02. The fraction of sp³-hybridized carbons (Fsp3) is 0.393. The number of aryl methyl sites for hydroxylation is 2. The van der Waals surface area contributed by atoms with E-state index in [4.69, 9.17) is 26.3 Å². The number of nitrogens with zero attached hydrogens (tertiary/aromatic N) is 7. The molecule has 1 aliphatic rings. The Morgan fingerprint density at radius 1 is 1.03 bits per heavy atom. The zero-order chi connectivity index (χ0) is 27.8. The van der Waals surface area contributed by atoms with Gasteiger partial charge in [-0.1, -0.05) is 32.0 Å². The van der Waals surface area contributed by atoms with Crippen LogP contribution in [0.15, 0.2) is 42.3 Å². The minimum atomic E-state index is 0.373. The number of nitrogens with one attached hydrogen (secondary N) is 1. The number of methoxy groups -OCH3 is 1. The summed E-state index contributed by atoms with van der Waals surface area (Å²) >= 11 is 6.20. The van der Waals surface area contributed by atoms with E-state index in [9.17, 15) is 0 Å². The number of aromatic nitrogens is 4. The summed E-state index contributed by atoms with van der Waals surface area (Å²) in [6.45, 7) is 17.8. The second-order valence-electron chi connectivity index (χ2n) is 8.81. The normalized spacial score (nSPS) is 14.0. The predicted molar refractivity (Wildman–Crippen MR) is 157 cm³/mol. The van der Waals surface area contributed by atoms with Gasteiger partial charge in [-0.15, -0.1) is 0 Å². The highest BCUT2D eigenvalue weighted by Gasteiger charge is 2.18. The maximum absolute atomic E-state index is 6.20. The Kier molecular flexibility index (Phi) is 10.2. The Bertz CT molecular complexity index is 1300. The molecule has 4 rings (SSSR count). The Hall–Kier alpha value is -3.56. The molecule has 38 heavy (non-hydrogen) atoms. The number of anilines is 1. The highest BCUT2D eigenvalue weighted by Crippen LogP contribution is 2.35. The van der Waals surface area contributed by atoms with Gasteiger partial charge in [0.25, 0.3) is 0 Å². The molecular weight excluding hydrogens is 500 g/mol. The molecule has 0 saturated carbocycles. The number of aliphatic imine (C=N–C) groups is 1. The van der Waals surface area contributed by atoms with E-state index in [0.29, 0.717) is 28.1 Å². The molecule has 1 aliphatic heterocycles. The average Bonchev–Trinajstić information content (AvgIpc) is 2.91. The minimum Gasteiger partial charge on any atom is -0.494 e. The second-order valence-corrected chi connectivity index (χ2v) is 9.20. The van der Waals surface area contributed by atoms with Gasteiger partial charge >= 0.3 is 0 Å². The summed E-state index contributed by atoms with van der Waals surface area (Å²) in [6.07, 6.45) is 5.15. The zero-order valence-electron chi connectivity index (χ0n) is 23.3. The van der Waals surface area contributed by atoms with Crippen LogP contribution in [0.2, 0.25) is 5.15 Å². The molecule has 202 valence electrons. The van der Waals surface area contributed by atoms with Gasteiger partial charge in [-0.3, -0.25) is 4.98 Å². The molecule has 0 radical (unpaired) electrons. The van der Waals surface area contributed by atoms with Crippen LogP contribution >= 0.6 is 11.6 Å². The van der Waals surface area contributed by atoms with Crippen molar-refractivity contribution in [2.24, 2.45) is 4.99 Å². The van der Waals surface area contributed by atoms with Gasteiger partial charge in [0, 0.05) is 54.9 Å². The van der Waals surface area contributed by atoms with E-state index in [1.807, 2.05) is 40.7 Å². The number of rotatable bonds is 6. The number of piperazine rings is 1.